The monoisotopic (exact) mass is 300 g/mol. The van der Waals surface area contributed by atoms with Crippen molar-refractivity contribution in [1.29, 1.82) is 0 Å². The molecule has 2 rings (SSSR count). The molecular formula is C12H16N2O3S2. The van der Waals surface area contributed by atoms with Gasteiger partial charge < -0.3 is 4.74 Å². The first-order valence-electron chi connectivity index (χ1n) is 6.05. The zero-order chi connectivity index (χ0) is 14.0. The molecule has 7 heteroatoms. The second-order valence-electron chi connectivity index (χ2n) is 4.17. The zero-order valence-corrected chi connectivity index (χ0v) is 12.8. The van der Waals surface area contributed by atoms with Crippen molar-refractivity contribution >= 4 is 29.5 Å². The lowest BCUT2D eigenvalue weighted by Crippen LogP contribution is -2.25. The van der Waals surface area contributed by atoms with E-state index in [9.17, 15) is 9.59 Å². The van der Waals surface area contributed by atoms with Gasteiger partial charge in [-0.05, 0) is 6.42 Å². The fourth-order valence-electron chi connectivity index (χ4n) is 1.83. The fourth-order valence-corrected chi connectivity index (χ4v) is 3.92. The van der Waals surface area contributed by atoms with Crippen LogP contribution in [-0.4, -0.2) is 33.6 Å². The van der Waals surface area contributed by atoms with Gasteiger partial charge in [-0.15, -0.1) is 11.8 Å². The number of hydrogen-bond acceptors (Lipinski definition) is 6. The van der Waals surface area contributed by atoms with Gasteiger partial charge in [0.25, 0.3) is 5.56 Å². The molecule has 0 unspecified atom stereocenters. The molecule has 1 aliphatic rings. The van der Waals surface area contributed by atoms with Crippen LogP contribution in [0.25, 0.3) is 0 Å². The number of hydrogen-bond donors (Lipinski definition) is 0. The summed E-state index contributed by atoms with van der Waals surface area (Å²) in [5, 5.41) is 0.263. The summed E-state index contributed by atoms with van der Waals surface area (Å²) in [5.74, 6) is 0.622. The second-order valence-corrected chi connectivity index (χ2v) is 6.45. The molecule has 0 bridgehead atoms. The Kier molecular flexibility index (Phi) is 4.57. The van der Waals surface area contributed by atoms with Gasteiger partial charge in [0, 0.05) is 19.2 Å². The van der Waals surface area contributed by atoms with Gasteiger partial charge >= 0.3 is 5.97 Å². The van der Waals surface area contributed by atoms with E-state index in [4.69, 9.17) is 4.74 Å². The van der Waals surface area contributed by atoms with Crippen LogP contribution in [0.3, 0.4) is 0 Å². The maximum absolute atomic E-state index is 12.2. The number of rotatable bonds is 4. The largest absolute Gasteiger partial charge is 0.468 e. The summed E-state index contributed by atoms with van der Waals surface area (Å²) in [4.78, 5) is 29.0. The molecular weight excluding hydrogens is 284 g/mol. The number of fused-ring (bicyclic) bond motifs is 1. The van der Waals surface area contributed by atoms with E-state index >= 15 is 0 Å². The number of aromatic nitrogens is 2. The first-order valence-corrected chi connectivity index (χ1v) is 7.92. The van der Waals surface area contributed by atoms with Gasteiger partial charge in [-0.1, -0.05) is 18.7 Å². The van der Waals surface area contributed by atoms with E-state index in [0.29, 0.717) is 11.6 Å². The summed E-state index contributed by atoms with van der Waals surface area (Å²) in [6, 6.07) is 0. The highest BCUT2D eigenvalue weighted by atomic mass is 32.2. The number of methoxy groups -OCH3 is 1. The van der Waals surface area contributed by atoms with Crippen LogP contribution in [0.1, 0.15) is 19.0 Å². The van der Waals surface area contributed by atoms with Gasteiger partial charge in [0.2, 0.25) is 0 Å². The predicted molar refractivity (Wildman–Crippen MR) is 75.9 cm³/mol. The Morgan fingerprint density at radius 3 is 3.00 bits per heavy atom. The number of carbonyl (C=O) groups is 1. The van der Waals surface area contributed by atoms with Crippen LogP contribution in [0.4, 0.5) is 0 Å². The molecule has 5 nitrogen and oxygen atoms in total. The lowest BCUT2D eigenvalue weighted by molar-refractivity contribution is -0.140. The predicted octanol–water partition coefficient (Wildman–Crippen LogP) is 1.47. The van der Waals surface area contributed by atoms with E-state index < -0.39 is 0 Å². The molecule has 1 aromatic heterocycles. The van der Waals surface area contributed by atoms with Gasteiger partial charge in [-0.25, -0.2) is 4.98 Å². The standard InChI is InChI=1S/C12H16N2O3S2/c1-4-8(11(16)17-3)19-12-13-7-5-6-18-9(7)10(15)14(12)2/h8H,4-6H2,1-3H3/t8-/m1/s1. The van der Waals surface area contributed by atoms with Crippen LogP contribution in [0.15, 0.2) is 14.8 Å². The van der Waals surface area contributed by atoms with Crippen molar-refractivity contribution < 1.29 is 9.53 Å². The van der Waals surface area contributed by atoms with Crippen LogP contribution in [0, 0.1) is 0 Å². The number of esters is 1. The molecule has 0 N–H and O–H groups in total. The fraction of sp³-hybridized carbons (Fsp3) is 0.583. The van der Waals surface area contributed by atoms with Crippen molar-refractivity contribution in [2.45, 2.75) is 35.1 Å². The molecule has 1 atom stereocenters. The Labute approximate surface area is 120 Å². The Balaban J connectivity index is 2.33. The zero-order valence-electron chi connectivity index (χ0n) is 11.1. The maximum Gasteiger partial charge on any atom is 0.319 e. The molecule has 1 aliphatic heterocycles. The van der Waals surface area contributed by atoms with Gasteiger partial charge in [0.15, 0.2) is 5.16 Å². The Bertz CT molecular complexity index is 557. The van der Waals surface area contributed by atoms with E-state index in [0.717, 1.165) is 22.8 Å². The first-order chi connectivity index (χ1) is 9.08. The lowest BCUT2D eigenvalue weighted by atomic mass is 10.3. The molecule has 19 heavy (non-hydrogen) atoms. The van der Waals surface area contributed by atoms with E-state index in [1.54, 1.807) is 18.8 Å². The number of aryl methyl sites for hydroxylation is 1. The minimum absolute atomic E-state index is 0.0188. The Morgan fingerprint density at radius 2 is 2.37 bits per heavy atom. The van der Waals surface area contributed by atoms with Crippen molar-refractivity contribution in [3.8, 4) is 0 Å². The highest BCUT2D eigenvalue weighted by molar-refractivity contribution is 8.00. The molecule has 0 aliphatic carbocycles. The van der Waals surface area contributed by atoms with Crippen molar-refractivity contribution in [2.75, 3.05) is 12.9 Å². The van der Waals surface area contributed by atoms with E-state index in [2.05, 4.69) is 4.98 Å². The molecule has 0 spiro atoms. The van der Waals surface area contributed by atoms with Gasteiger partial charge in [-0.2, -0.15) is 0 Å². The van der Waals surface area contributed by atoms with Crippen molar-refractivity contribution in [3.63, 3.8) is 0 Å². The summed E-state index contributed by atoms with van der Waals surface area (Å²) in [7, 11) is 3.07. The van der Waals surface area contributed by atoms with Gasteiger partial charge in [0.05, 0.1) is 17.7 Å². The van der Waals surface area contributed by atoms with E-state index in [1.807, 2.05) is 6.92 Å². The van der Waals surface area contributed by atoms with Crippen LogP contribution in [0.2, 0.25) is 0 Å². The Hall–Kier alpha value is -0.950. The summed E-state index contributed by atoms with van der Waals surface area (Å²) in [6.45, 7) is 1.91. The third-order valence-electron chi connectivity index (χ3n) is 2.95. The summed E-state index contributed by atoms with van der Waals surface area (Å²) in [6.07, 6.45) is 1.46. The van der Waals surface area contributed by atoms with Crippen LogP contribution >= 0.6 is 23.5 Å². The first kappa shape index (κ1) is 14.5. The molecule has 0 saturated carbocycles. The average Bonchev–Trinajstić information content (AvgIpc) is 2.88. The quantitative estimate of drug-likeness (QED) is 0.477. The minimum Gasteiger partial charge on any atom is -0.468 e. The lowest BCUT2D eigenvalue weighted by Gasteiger charge is -2.14. The molecule has 0 radical (unpaired) electrons. The average molecular weight is 300 g/mol. The number of ether oxygens (including phenoxy) is 1. The second kappa shape index (κ2) is 6.00. The smallest absolute Gasteiger partial charge is 0.319 e. The Morgan fingerprint density at radius 1 is 1.63 bits per heavy atom. The molecule has 104 valence electrons. The minimum atomic E-state index is -0.324. The molecule has 0 fully saturated rings. The third kappa shape index (κ3) is 2.81. The SMILES string of the molecule is CC[C@@H](Sc1nc2c(c(=O)n1C)SCC2)C(=O)OC. The summed E-state index contributed by atoms with van der Waals surface area (Å²) < 4.78 is 6.28. The highest BCUT2D eigenvalue weighted by Gasteiger charge is 2.24. The molecule has 0 amide bonds. The maximum atomic E-state index is 12.2. The normalized spacial score (nSPS) is 15.1. The van der Waals surface area contributed by atoms with Crippen molar-refractivity contribution in [2.24, 2.45) is 7.05 Å². The van der Waals surface area contributed by atoms with Crippen LogP contribution in [-0.2, 0) is 23.0 Å². The van der Waals surface area contributed by atoms with Crippen molar-refractivity contribution in [3.05, 3.63) is 16.0 Å². The van der Waals surface area contributed by atoms with Gasteiger partial charge in [-0.3, -0.25) is 14.2 Å². The topological polar surface area (TPSA) is 61.2 Å². The highest BCUT2D eigenvalue weighted by Crippen LogP contribution is 2.30. The van der Waals surface area contributed by atoms with Gasteiger partial charge in [0.1, 0.15) is 5.25 Å². The third-order valence-corrected chi connectivity index (χ3v) is 5.44. The van der Waals surface area contributed by atoms with Crippen molar-refractivity contribution in [1.82, 2.24) is 9.55 Å². The molecule has 0 saturated heterocycles. The number of carbonyl (C=O) groups excluding carboxylic acids is 1. The van der Waals surface area contributed by atoms with Crippen LogP contribution in [0.5, 0.6) is 0 Å². The number of thioether (sulfide) groups is 2. The molecule has 2 heterocycles. The molecule has 1 aromatic rings. The molecule has 0 aromatic carbocycles. The van der Waals surface area contributed by atoms with E-state index in [1.165, 1.54) is 23.4 Å². The number of nitrogens with zero attached hydrogens (tertiary/aromatic N) is 2. The summed E-state index contributed by atoms with van der Waals surface area (Å²) in [5.41, 5.74) is 0.838. The van der Waals surface area contributed by atoms with E-state index in [-0.39, 0.29) is 16.8 Å². The summed E-state index contributed by atoms with van der Waals surface area (Å²) >= 11 is 2.85. The van der Waals surface area contributed by atoms with Crippen LogP contribution < -0.4 is 5.56 Å².